The number of amides is 2. The fourth-order valence-electron chi connectivity index (χ4n) is 4.63. The molecule has 148 valence electrons. The number of hydrogen-bond acceptors (Lipinski definition) is 3. The zero-order valence-electron chi connectivity index (χ0n) is 15.6. The number of carbonyl (C=O) groups is 2. The van der Waals surface area contributed by atoms with Crippen LogP contribution in [0, 0.1) is 17.8 Å². The molecular formula is C19H31F2N3O2. The molecule has 2 amide bonds. The first-order valence-corrected chi connectivity index (χ1v) is 10.0. The van der Waals surface area contributed by atoms with Crippen molar-refractivity contribution < 1.29 is 18.4 Å². The quantitative estimate of drug-likeness (QED) is 0.745. The molecule has 0 aromatic heterocycles. The molecule has 2 N–H and O–H groups in total. The second-order valence-corrected chi connectivity index (χ2v) is 8.31. The van der Waals surface area contributed by atoms with Crippen LogP contribution in [0.5, 0.6) is 0 Å². The van der Waals surface area contributed by atoms with E-state index >= 15 is 0 Å². The summed E-state index contributed by atoms with van der Waals surface area (Å²) in [7, 11) is 1.74. The van der Waals surface area contributed by atoms with E-state index in [2.05, 4.69) is 10.6 Å². The normalized spacial score (nSPS) is 38.9. The number of likely N-dealkylation sites (tertiary alicyclic amines) is 1. The molecule has 26 heavy (non-hydrogen) atoms. The number of nitrogens with one attached hydrogen (secondary N) is 2. The second-order valence-electron chi connectivity index (χ2n) is 8.31. The smallest absolute Gasteiger partial charge is 0.234 e. The van der Waals surface area contributed by atoms with E-state index in [1.54, 1.807) is 11.9 Å². The number of carbonyl (C=O) groups excluding carboxylic acids is 2. The summed E-state index contributed by atoms with van der Waals surface area (Å²) in [6.07, 6.45) is 2.94. The van der Waals surface area contributed by atoms with Crippen LogP contribution in [0.4, 0.5) is 8.78 Å². The highest BCUT2D eigenvalue weighted by Crippen LogP contribution is 2.34. The summed E-state index contributed by atoms with van der Waals surface area (Å²) in [4.78, 5) is 26.2. The van der Waals surface area contributed by atoms with Gasteiger partial charge in [-0.05, 0) is 69.7 Å². The van der Waals surface area contributed by atoms with Crippen LogP contribution < -0.4 is 10.6 Å². The third-order valence-corrected chi connectivity index (χ3v) is 6.28. The largest absolute Gasteiger partial charge is 0.345 e. The van der Waals surface area contributed by atoms with Crippen molar-refractivity contribution in [1.82, 2.24) is 15.5 Å². The highest BCUT2D eigenvalue weighted by molar-refractivity contribution is 6.00. The summed E-state index contributed by atoms with van der Waals surface area (Å²) in [5.74, 6) is -0.124. The predicted molar refractivity (Wildman–Crippen MR) is 94.8 cm³/mol. The lowest BCUT2D eigenvalue weighted by Crippen LogP contribution is -2.54. The number of alkyl halides is 2. The zero-order chi connectivity index (χ0) is 18.7. The van der Waals surface area contributed by atoms with Gasteiger partial charge in [0.15, 0.2) is 0 Å². The Morgan fingerprint density at radius 2 is 1.92 bits per heavy atom. The number of piperidine rings is 2. The molecule has 2 aliphatic heterocycles. The molecule has 3 fully saturated rings. The van der Waals surface area contributed by atoms with Crippen LogP contribution in [0.1, 0.15) is 51.4 Å². The van der Waals surface area contributed by atoms with Gasteiger partial charge >= 0.3 is 0 Å². The van der Waals surface area contributed by atoms with Gasteiger partial charge in [-0.1, -0.05) is 0 Å². The van der Waals surface area contributed by atoms with Crippen LogP contribution >= 0.6 is 0 Å². The van der Waals surface area contributed by atoms with Gasteiger partial charge in [0, 0.05) is 13.6 Å². The van der Waals surface area contributed by atoms with Crippen LogP contribution in [-0.2, 0) is 9.59 Å². The van der Waals surface area contributed by atoms with E-state index in [1.807, 2.05) is 0 Å². The first-order valence-electron chi connectivity index (χ1n) is 10.0. The average molecular weight is 371 g/mol. The Hall–Kier alpha value is -1.24. The number of nitrogens with zero attached hydrogens (tertiary/aromatic N) is 1. The summed E-state index contributed by atoms with van der Waals surface area (Å²) in [6.45, 7) is 1.49. The molecule has 1 saturated carbocycles. The SMILES string of the molecule is CN1CCCC(C(=O)NC2CCC(CC3CCC(F)C(F)C3)CN2)C1=O. The van der Waals surface area contributed by atoms with Crippen molar-refractivity contribution in [1.29, 1.82) is 0 Å². The van der Waals surface area contributed by atoms with Gasteiger partial charge in [0.1, 0.15) is 18.3 Å². The molecule has 0 radical (unpaired) electrons. The first kappa shape index (κ1) is 19.5. The van der Waals surface area contributed by atoms with Crippen LogP contribution in [0.2, 0.25) is 0 Å². The van der Waals surface area contributed by atoms with Crippen LogP contribution in [0.3, 0.4) is 0 Å². The van der Waals surface area contributed by atoms with Gasteiger partial charge in [0.2, 0.25) is 11.8 Å². The summed E-state index contributed by atoms with van der Waals surface area (Å²) in [5, 5.41) is 6.32. The molecule has 2 saturated heterocycles. The van der Waals surface area contributed by atoms with Crippen LogP contribution in [0.25, 0.3) is 0 Å². The summed E-state index contributed by atoms with van der Waals surface area (Å²) in [5.41, 5.74) is 0. The van der Waals surface area contributed by atoms with Gasteiger partial charge in [0.05, 0.1) is 6.17 Å². The summed E-state index contributed by atoms with van der Waals surface area (Å²) in [6, 6.07) is 0. The first-order chi connectivity index (χ1) is 12.4. The minimum Gasteiger partial charge on any atom is -0.345 e. The highest BCUT2D eigenvalue weighted by Gasteiger charge is 2.35. The number of halogens is 2. The molecule has 2 heterocycles. The van der Waals surface area contributed by atoms with Crippen molar-refractivity contribution >= 4 is 11.8 Å². The Labute approximate surface area is 154 Å². The van der Waals surface area contributed by atoms with Crippen molar-refractivity contribution in [3.05, 3.63) is 0 Å². The lowest BCUT2D eigenvalue weighted by Gasteiger charge is -2.35. The predicted octanol–water partition coefficient (Wildman–Crippen LogP) is 2.16. The van der Waals surface area contributed by atoms with Crippen molar-refractivity contribution in [3.63, 3.8) is 0 Å². The third kappa shape index (κ3) is 4.72. The van der Waals surface area contributed by atoms with E-state index in [4.69, 9.17) is 0 Å². The zero-order valence-corrected chi connectivity index (χ0v) is 15.6. The Morgan fingerprint density at radius 1 is 1.15 bits per heavy atom. The van der Waals surface area contributed by atoms with Gasteiger partial charge in [-0.15, -0.1) is 0 Å². The molecule has 3 rings (SSSR count). The van der Waals surface area contributed by atoms with Gasteiger partial charge in [-0.3, -0.25) is 14.9 Å². The molecule has 1 aliphatic carbocycles. The molecule has 0 aromatic rings. The molecular weight excluding hydrogens is 340 g/mol. The number of hydrogen-bond donors (Lipinski definition) is 2. The van der Waals surface area contributed by atoms with Crippen LogP contribution in [0.15, 0.2) is 0 Å². The molecule has 6 atom stereocenters. The van der Waals surface area contributed by atoms with Crippen LogP contribution in [-0.4, -0.2) is 55.4 Å². The Morgan fingerprint density at radius 3 is 2.62 bits per heavy atom. The lowest BCUT2D eigenvalue weighted by molar-refractivity contribution is -0.144. The van der Waals surface area contributed by atoms with E-state index in [0.29, 0.717) is 25.2 Å². The van der Waals surface area contributed by atoms with Gasteiger partial charge in [-0.25, -0.2) is 8.78 Å². The maximum absolute atomic E-state index is 13.6. The molecule has 5 nitrogen and oxygen atoms in total. The molecule has 0 aromatic carbocycles. The minimum absolute atomic E-state index is 0.0910. The van der Waals surface area contributed by atoms with Gasteiger partial charge < -0.3 is 10.2 Å². The maximum Gasteiger partial charge on any atom is 0.234 e. The molecule has 0 bridgehead atoms. The Balaban J connectivity index is 1.40. The Bertz CT molecular complexity index is 511. The topological polar surface area (TPSA) is 61.4 Å². The highest BCUT2D eigenvalue weighted by atomic mass is 19.2. The fourth-order valence-corrected chi connectivity index (χ4v) is 4.63. The van der Waals surface area contributed by atoms with Gasteiger partial charge in [0.25, 0.3) is 0 Å². The van der Waals surface area contributed by atoms with Crippen molar-refractivity contribution in [3.8, 4) is 0 Å². The van der Waals surface area contributed by atoms with E-state index in [-0.39, 0.29) is 23.9 Å². The average Bonchev–Trinajstić information content (AvgIpc) is 2.62. The second kappa shape index (κ2) is 8.63. The standard InChI is InChI=1S/C19H31F2N3O2/c1-24-8-2-3-14(19(24)26)18(25)23-17-7-5-13(11-22-17)9-12-4-6-15(20)16(21)10-12/h12-17,22H,2-11H2,1H3,(H,23,25). The van der Waals surface area contributed by atoms with E-state index < -0.39 is 18.3 Å². The fraction of sp³-hybridized carbons (Fsp3) is 0.895. The van der Waals surface area contributed by atoms with Crippen molar-refractivity contribution in [2.24, 2.45) is 17.8 Å². The van der Waals surface area contributed by atoms with E-state index in [1.165, 1.54) is 0 Å². The number of rotatable bonds is 4. The monoisotopic (exact) mass is 371 g/mol. The minimum atomic E-state index is -1.30. The van der Waals surface area contributed by atoms with E-state index in [9.17, 15) is 18.4 Å². The summed E-state index contributed by atoms with van der Waals surface area (Å²) < 4.78 is 26.8. The third-order valence-electron chi connectivity index (χ3n) is 6.28. The maximum atomic E-state index is 13.6. The van der Waals surface area contributed by atoms with E-state index in [0.717, 1.165) is 45.2 Å². The van der Waals surface area contributed by atoms with Crippen molar-refractivity contribution in [2.75, 3.05) is 20.1 Å². The van der Waals surface area contributed by atoms with Crippen molar-refractivity contribution in [2.45, 2.75) is 69.9 Å². The van der Waals surface area contributed by atoms with Gasteiger partial charge in [-0.2, -0.15) is 0 Å². The Kier molecular flexibility index (Phi) is 6.48. The lowest BCUT2D eigenvalue weighted by atomic mass is 9.79. The molecule has 0 spiro atoms. The summed E-state index contributed by atoms with van der Waals surface area (Å²) >= 11 is 0. The molecule has 6 unspecified atom stereocenters. The molecule has 7 heteroatoms. The molecule has 3 aliphatic rings.